The Hall–Kier alpha value is -1.45. The molecule has 3 heterocycles. The summed E-state index contributed by atoms with van der Waals surface area (Å²) in [5, 5.41) is 7.62. The van der Waals surface area contributed by atoms with Gasteiger partial charge in [-0.25, -0.2) is 13.1 Å². The zero-order valence-electron chi connectivity index (χ0n) is 13.9. The van der Waals surface area contributed by atoms with Crippen LogP contribution in [0.25, 0.3) is 0 Å². The van der Waals surface area contributed by atoms with E-state index in [0.29, 0.717) is 19.4 Å². The van der Waals surface area contributed by atoms with Gasteiger partial charge in [0.2, 0.25) is 10.0 Å². The summed E-state index contributed by atoms with van der Waals surface area (Å²) in [5.74, 6) is -0.0376. The summed E-state index contributed by atoms with van der Waals surface area (Å²) in [6.45, 7) is 2.11. The fourth-order valence-electron chi connectivity index (χ4n) is 3.78. The highest BCUT2D eigenvalue weighted by molar-refractivity contribution is 7.89. The molecule has 0 radical (unpaired) electrons. The number of hydrogen-bond acceptors (Lipinski definition) is 5. The number of sulfonamides is 1. The normalized spacial score (nSPS) is 24.2. The molecule has 8 nitrogen and oxygen atoms in total. The van der Waals surface area contributed by atoms with Gasteiger partial charge in [0, 0.05) is 25.0 Å². The monoisotopic (exact) mass is 355 g/mol. The quantitative estimate of drug-likeness (QED) is 0.742. The van der Waals surface area contributed by atoms with Crippen LogP contribution in [-0.4, -0.2) is 67.5 Å². The molecular weight excluding hydrogens is 330 g/mol. The van der Waals surface area contributed by atoms with Crippen LogP contribution in [0.2, 0.25) is 0 Å². The summed E-state index contributed by atoms with van der Waals surface area (Å²) < 4.78 is 28.0. The van der Waals surface area contributed by atoms with Crippen LogP contribution in [0, 0.1) is 0 Å². The van der Waals surface area contributed by atoms with E-state index in [4.69, 9.17) is 0 Å². The lowest BCUT2D eigenvalue weighted by Gasteiger charge is -2.40. The number of carbonyl (C=O) groups excluding carboxylic acids is 1. The molecule has 2 aliphatic heterocycles. The molecule has 1 atom stereocenters. The number of piperidine rings is 1. The predicted octanol–water partition coefficient (Wildman–Crippen LogP) is -0.498. The highest BCUT2D eigenvalue weighted by atomic mass is 32.2. The summed E-state index contributed by atoms with van der Waals surface area (Å²) in [4.78, 5) is 15.2. The van der Waals surface area contributed by atoms with E-state index in [1.165, 1.54) is 7.05 Å². The Morgan fingerprint density at radius 1 is 1.42 bits per heavy atom. The van der Waals surface area contributed by atoms with Crippen molar-refractivity contribution < 1.29 is 13.2 Å². The first kappa shape index (κ1) is 17.4. The lowest BCUT2D eigenvalue weighted by atomic mass is 9.86. The van der Waals surface area contributed by atoms with Crippen LogP contribution in [0.3, 0.4) is 0 Å². The van der Waals surface area contributed by atoms with Crippen molar-refractivity contribution in [2.24, 2.45) is 0 Å². The van der Waals surface area contributed by atoms with Gasteiger partial charge < -0.3 is 10.2 Å². The zero-order valence-corrected chi connectivity index (χ0v) is 14.8. The van der Waals surface area contributed by atoms with Gasteiger partial charge in [-0.1, -0.05) is 0 Å². The Bertz CT molecular complexity index is 667. The number of likely N-dealkylation sites (tertiary alicyclic amines) is 1. The molecule has 0 bridgehead atoms. The van der Waals surface area contributed by atoms with Crippen LogP contribution < -0.4 is 10.0 Å². The van der Waals surface area contributed by atoms with Crippen molar-refractivity contribution in [3.05, 3.63) is 18.5 Å². The molecule has 2 aliphatic rings. The first-order chi connectivity index (χ1) is 11.5. The van der Waals surface area contributed by atoms with Gasteiger partial charge in [-0.05, 0) is 51.9 Å². The predicted molar refractivity (Wildman–Crippen MR) is 89.9 cm³/mol. The van der Waals surface area contributed by atoms with Gasteiger partial charge in [-0.2, -0.15) is 5.10 Å². The standard InChI is InChI=1S/C15H25N5O3S/c1-16-24(22,23)12-13-4-2-10-19(13)14(21)15(5-8-17-9-6-15)20-11-3-7-18-20/h3,7,11,13,16-17H,2,4-6,8-10,12H2,1H3. The van der Waals surface area contributed by atoms with Crippen LogP contribution in [0.5, 0.6) is 0 Å². The van der Waals surface area contributed by atoms with E-state index in [9.17, 15) is 13.2 Å². The SMILES string of the molecule is CNS(=O)(=O)CC1CCCN1C(=O)C1(n2cccn2)CCNCC1. The van der Waals surface area contributed by atoms with Crippen molar-refractivity contribution in [3.8, 4) is 0 Å². The second kappa shape index (κ2) is 6.81. The molecule has 0 saturated carbocycles. The maximum absolute atomic E-state index is 13.4. The molecule has 1 amide bonds. The fourth-order valence-corrected chi connectivity index (χ4v) is 4.80. The van der Waals surface area contributed by atoms with Crippen molar-refractivity contribution in [1.82, 2.24) is 24.7 Å². The average molecular weight is 355 g/mol. The van der Waals surface area contributed by atoms with Gasteiger partial charge >= 0.3 is 0 Å². The van der Waals surface area contributed by atoms with Gasteiger partial charge in [0.25, 0.3) is 5.91 Å². The van der Waals surface area contributed by atoms with Crippen LogP contribution in [0.4, 0.5) is 0 Å². The van der Waals surface area contributed by atoms with Crippen molar-refractivity contribution in [1.29, 1.82) is 0 Å². The minimum atomic E-state index is -3.35. The number of rotatable bonds is 5. The Balaban J connectivity index is 1.87. The molecule has 0 spiro atoms. The lowest BCUT2D eigenvalue weighted by Crippen LogP contribution is -2.57. The Kier molecular flexibility index (Phi) is 4.93. The number of hydrogen-bond donors (Lipinski definition) is 2. The maximum Gasteiger partial charge on any atom is 0.250 e. The molecule has 1 unspecified atom stereocenters. The molecule has 2 N–H and O–H groups in total. The van der Waals surface area contributed by atoms with Crippen molar-refractivity contribution in [2.75, 3.05) is 32.4 Å². The van der Waals surface area contributed by atoms with Crippen molar-refractivity contribution >= 4 is 15.9 Å². The molecule has 0 aromatic carbocycles. The summed E-state index contributed by atoms with van der Waals surface area (Å²) in [6, 6.07) is 1.56. The number of nitrogens with one attached hydrogen (secondary N) is 2. The molecule has 0 aliphatic carbocycles. The summed E-state index contributed by atoms with van der Waals surface area (Å²) in [5.41, 5.74) is -0.708. The molecule has 9 heteroatoms. The molecule has 24 heavy (non-hydrogen) atoms. The van der Waals surface area contributed by atoms with Gasteiger partial charge in [-0.15, -0.1) is 0 Å². The van der Waals surface area contributed by atoms with Gasteiger partial charge in [0.1, 0.15) is 5.54 Å². The minimum absolute atomic E-state index is 0.00139. The number of amides is 1. The van der Waals surface area contributed by atoms with Gasteiger partial charge in [0.05, 0.1) is 5.75 Å². The lowest BCUT2D eigenvalue weighted by molar-refractivity contribution is -0.143. The van der Waals surface area contributed by atoms with E-state index >= 15 is 0 Å². The first-order valence-electron chi connectivity index (χ1n) is 8.42. The summed E-state index contributed by atoms with van der Waals surface area (Å²) in [6.07, 6.45) is 6.40. The van der Waals surface area contributed by atoms with Crippen molar-refractivity contribution in [3.63, 3.8) is 0 Å². The van der Waals surface area contributed by atoms with Gasteiger partial charge in [-0.3, -0.25) is 9.48 Å². The molecule has 2 fully saturated rings. The Morgan fingerprint density at radius 3 is 2.79 bits per heavy atom. The largest absolute Gasteiger partial charge is 0.337 e. The topological polar surface area (TPSA) is 96.3 Å². The average Bonchev–Trinajstić information content (AvgIpc) is 3.26. The number of nitrogens with zero attached hydrogens (tertiary/aromatic N) is 3. The molecule has 2 saturated heterocycles. The molecular formula is C15H25N5O3S. The van der Waals surface area contributed by atoms with E-state index < -0.39 is 15.6 Å². The third-order valence-corrected chi connectivity index (χ3v) is 6.58. The van der Waals surface area contributed by atoms with Crippen molar-refractivity contribution in [2.45, 2.75) is 37.3 Å². The third-order valence-electron chi connectivity index (χ3n) is 5.13. The van der Waals surface area contributed by atoms with E-state index in [1.54, 1.807) is 15.8 Å². The van der Waals surface area contributed by atoms with Crippen LogP contribution >= 0.6 is 0 Å². The fraction of sp³-hybridized carbons (Fsp3) is 0.733. The number of carbonyl (C=O) groups is 1. The Morgan fingerprint density at radius 2 is 2.17 bits per heavy atom. The minimum Gasteiger partial charge on any atom is -0.337 e. The van der Waals surface area contributed by atoms with Crippen LogP contribution in [0.15, 0.2) is 18.5 Å². The maximum atomic E-state index is 13.4. The second-order valence-corrected chi connectivity index (χ2v) is 8.48. The number of aromatic nitrogens is 2. The molecule has 1 aromatic rings. The van der Waals surface area contributed by atoms with Gasteiger partial charge in [0.15, 0.2) is 0 Å². The van der Waals surface area contributed by atoms with E-state index in [-0.39, 0.29) is 17.7 Å². The summed E-state index contributed by atoms with van der Waals surface area (Å²) in [7, 11) is -1.94. The first-order valence-corrected chi connectivity index (χ1v) is 10.1. The second-order valence-electron chi connectivity index (χ2n) is 6.51. The highest BCUT2D eigenvalue weighted by Gasteiger charge is 2.47. The Labute approximate surface area is 142 Å². The highest BCUT2D eigenvalue weighted by Crippen LogP contribution is 2.32. The smallest absolute Gasteiger partial charge is 0.250 e. The zero-order chi connectivity index (χ0) is 17.2. The van der Waals surface area contributed by atoms with E-state index in [0.717, 1.165) is 25.9 Å². The van der Waals surface area contributed by atoms with Crippen LogP contribution in [0.1, 0.15) is 25.7 Å². The molecule has 3 rings (SSSR count). The third kappa shape index (κ3) is 3.20. The molecule has 1 aromatic heterocycles. The van der Waals surface area contributed by atoms with E-state index in [2.05, 4.69) is 15.1 Å². The van der Waals surface area contributed by atoms with E-state index in [1.807, 2.05) is 12.3 Å². The summed E-state index contributed by atoms with van der Waals surface area (Å²) >= 11 is 0. The molecule has 134 valence electrons. The van der Waals surface area contributed by atoms with Crippen LogP contribution in [-0.2, 0) is 20.4 Å².